The first-order valence-corrected chi connectivity index (χ1v) is 4.86. The van der Waals surface area contributed by atoms with Crippen LogP contribution < -0.4 is 0 Å². The fourth-order valence-electron chi connectivity index (χ4n) is 1.05. The van der Waals surface area contributed by atoms with Crippen molar-refractivity contribution < 1.29 is 5.11 Å². The number of unbranched alkanes of at least 4 members (excludes halogenated alkanes) is 2. The minimum atomic E-state index is 0.179. The van der Waals surface area contributed by atoms with Crippen LogP contribution in [0, 0.1) is 0 Å². The summed E-state index contributed by atoms with van der Waals surface area (Å²) in [6.07, 6.45) is 12.2. The molecule has 0 rings (SSSR count). The Labute approximate surface area is 81.5 Å². The van der Waals surface area contributed by atoms with Crippen LogP contribution in [0.3, 0.4) is 0 Å². The van der Waals surface area contributed by atoms with Crippen molar-refractivity contribution in [3.63, 3.8) is 0 Å². The molecule has 0 aliphatic carbocycles. The standard InChI is InChI=1S/C12H20O/c1-3-5-7-8-10-12(11-13)9-6-4-2/h3-4,6,10,13H,1,5,7-9,11H2,2H3/b6-4+,12-10+. The molecular formula is C12H20O. The van der Waals surface area contributed by atoms with Crippen LogP contribution in [0.4, 0.5) is 0 Å². The monoisotopic (exact) mass is 180 g/mol. The molecule has 0 bridgehead atoms. The van der Waals surface area contributed by atoms with Crippen LogP contribution in [0.5, 0.6) is 0 Å². The quantitative estimate of drug-likeness (QED) is 0.471. The average Bonchev–Trinajstić information content (AvgIpc) is 2.17. The second kappa shape index (κ2) is 9.27. The van der Waals surface area contributed by atoms with Crippen LogP contribution >= 0.6 is 0 Å². The number of aliphatic hydroxyl groups is 1. The third-order valence-corrected chi connectivity index (χ3v) is 1.86. The van der Waals surface area contributed by atoms with Gasteiger partial charge >= 0.3 is 0 Å². The van der Waals surface area contributed by atoms with Crippen molar-refractivity contribution in [2.45, 2.75) is 32.6 Å². The Kier molecular flexibility index (Phi) is 8.68. The molecule has 13 heavy (non-hydrogen) atoms. The Hall–Kier alpha value is -0.820. The lowest BCUT2D eigenvalue weighted by atomic mass is 10.1. The second-order valence-electron chi connectivity index (χ2n) is 3.01. The molecule has 1 N–H and O–H groups in total. The highest BCUT2D eigenvalue weighted by Crippen LogP contribution is 2.06. The van der Waals surface area contributed by atoms with Crippen LogP contribution in [0.1, 0.15) is 32.6 Å². The number of hydrogen-bond donors (Lipinski definition) is 1. The minimum Gasteiger partial charge on any atom is -0.392 e. The average molecular weight is 180 g/mol. The van der Waals surface area contributed by atoms with Gasteiger partial charge in [0.2, 0.25) is 0 Å². The maximum atomic E-state index is 8.99. The van der Waals surface area contributed by atoms with Gasteiger partial charge in [0.1, 0.15) is 0 Å². The van der Waals surface area contributed by atoms with E-state index in [1.807, 2.05) is 19.1 Å². The molecule has 0 fully saturated rings. The summed E-state index contributed by atoms with van der Waals surface area (Å²) in [5, 5.41) is 8.99. The molecule has 1 heteroatoms. The van der Waals surface area contributed by atoms with Gasteiger partial charge in [-0.15, -0.1) is 6.58 Å². The predicted octanol–water partition coefficient (Wildman–Crippen LogP) is 3.23. The summed E-state index contributed by atoms with van der Waals surface area (Å²) in [5.74, 6) is 0. The molecule has 0 aromatic rings. The van der Waals surface area contributed by atoms with E-state index in [-0.39, 0.29) is 6.61 Å². The van der Waals surface area contributed by atoms with Gasteiger partial charge in [0.25, 0.3) is 0 Å². The zero-order valence-corrected chi connectivity index (χ0v) is 8.50. The lowest BCUT2D eigenvalue weighted by molar-refractivity contribution is 0.328. The Morgan fingerprint density at radius 3 is 2.69 bits per heavy atom. The van der Waals surface area contributed by atoms with Crippen molar-refractivity contribution >= 4 is 0 Å². The van der Waals surface area contributed by atoms with Gasteiger partial charge in [-0.05, 0) is 38.2 Å². The van der Waals surface area contributed by atoms with Gasteiger partial charge in [-0.3, -0.25) is 0 Å². The molecule has 0 aromatic heterocycles. The van der Waals surface area contributed by atoms with Gasteiger partial charge in [0.15, 0.2) is 0 Å². The predicted molar refractivity (Wildman–Crippen MR) is 58.6 cm³/mol. The normalized spacial score (nSPS) is 12.3. The highest BCUT2D eigenvalue weighted by Gasteiger charge is 1.91. The highest BCUT2D eigenvalue weighted by atomic mass is 16.3. The maximum absolute atomic E-state index is 8.99. The van der Waals surface area contributed by atoms with Crippen LogP contribution in [0.15, 0.2) is 36.5 Å². The number of allylic oxidation sites excluding steroid dienone is 4. The van der Waals surface area contributed by atoms with Gasteiger partial charge in [-0.1, -0.05) is 24.3 Å². The molecule has 0 saturated heterocycles. The van der Waals surface area contributed by atoms with E-state index in [0.29, 0.717) is 0 Å². The number of aliphatic hydroxyl groups excluding tert-OH is 1. The summed E-state index contributed by atoms with van der Waals surface area (Å²) in [4.78, 5) is 0. The first-order valence-electron chi connectivity index (χ1n) is 4.86. The van der Waals surface area contributed by atoms with Crippen molar-refractivity contribution in [3.8, 4) is 0 Å². The Balaban J connectivity index is 3.70. The SMILES string of the molecule is C=CCCC/C=C(/CO)C/C=C/C. The lowest BCUT2D eigenvalue weighted by Gasteiger charge is -1.99. The number of hydrogen-bond acceptors (Lipinski definition) is 1. The van der Waals surface area contributed by atoms with Gasteiger partial charge in [0.05, 0.1) is 6.61 Å². The topological polar surface area (TPSA) is 20.2 Å². The van der Waals surface area contributed by atoms with Crippen LogP contribution in [-0.2, 0) is 0 Å². The summed E-state index contributed by atoms with van der Waals surface area (Å²) in [6.45, 7) is 5.84. The third kappa shape index (κ3) is 7.54. The Morgan fingerprint density at radius 2 is 2.15 bits per heavy atom. The first kappa shape index (κ1) is 12.2. The van der Waals surface area contributed by atoms with Crippen molar-refractivity contribution in [1.29, 1.82) is 0 Å². The van der Waals surface area contributed by atoms with Crippen molar-refractivity contribution in [2.24, 2.45) is 0 Å². The smallest absolute Gasteiger partial charge is 0.0644 e. The van der Waals surface area contributed by atoms with E-state index in [1.165, 1.54) is 0 Å². The van der Waals surface area contributed by atoms with Crippen LogP contribution in [0.2, 0.25) is 0 Å². The van der Waals surface area contributed by atoms with E-state index in [0.717, 1.165) is 31.3 Å². The van der Waals surface area contributed by atoms with Crippen molar-refractivity contribution in [2.75, 3.05) is 6.61 Å². The van der Waals surface area contributed by atoms with Crippen LogP contribution in [-0.4, -0.2) is 11.7 Å². The Morgan fingerprint density at radius 1 is 1.38 bits per heavy atom. The first-order chi connectivity index (χ1) is 6.35. The molecule has 0 saturated carbocycles. The summed E-state index contributed by atoms with van der Waals surface area (Å²) < 4.78 is 0. The van der Waals surface area contributed by atoms with E-state index in [9.17, 15) is 0 Å². The largest absolute Gasteiger partial charge is 0.392 e. The van der Waals surface area contributed by atoms with E-state index in [1.54, 1.807) is 0 Å². The fraction of sp³-hybridized carbons (Fsp3) is 0.500. The van der Waals surface area contributed by atoms with E-state index >= 15 is 0 Å². The van der Waals surface area contributed by atoms with Gasteiger partial charge < -0.3 is 5.11 Å². The molecule has 0 aromatic carbocycles. The molecule has 0 atom stereocenters. The summed E-state index contributed by atoms with van der Waals surface area (Å²) in [7, 11) is 0. The van der Waals surface area contributed by atoms with E-state index in [4.69, 9.17) is 5.11 Å². The van der Waals surface area contributed by atoms with Gasteiger partial charge in [-0.2, -0.15) is 0 Å². The third-order valence-electron chi connectivity index (χ3n) is 1.86. The van der Waals surface area contributed by atoms with Gasteiger partial charge in [0, 0.05) is 0 Å². The summed E-state index contributed by atoms with van der Waals surface area (Å²) in [5.41, 5.74) is 1.11. The summed E-state index contributed by atoms with van der Waals surface area (Å²) in [6, 6.07) is 0. The second-order valence-corrected chi connectivity index (χ2v) is 3.01. The molecular weight excluding hydrogens is 160 g/mol. The lowest BCUT2D eigenvalue weighted by Crippen LogP contribution is -1.88. The Bertz CT molecular complexity index is 178. The molecule has 1 nitrogen and oxygen atoms in total. The molecule has 74 valence electrons. The van der Waals surface area contributed by atoms with E-state index in [2.05, 4.69) is 18.7 Å². The van der Waals surface area contributed by atoms with Crippen molar-refractivity contribution in [3.05, 3.63) is 36.5 Å². The van der Waals surface area contributed by atoms with Gasteiger partial charge in [-0.25, -0.2) is 0 Å². The summed E-state index contributed by atoms with van der Waals surface area (Å²) >= 11 is 0. The molecule has 0 heterocycles. The molecule has 0 radical (unpaired) electrons. The highest BCUT2D eigenvalue weighted by molar-refractivity contribution is 5.07. The van der Waals surface area contributed by atoms with E-state index < -0.39 is 0 Å². The molecule has 0 spiro atoms. The molecule has 0 aliphatic rings. The maximum Gasteiger partial charge on any atom is 0.0644 e. The zero-order chi connectivity index (χ0) is 9.94. The molecule has 0 unspecified atom stereocenters. The number of rotatable bonds is 7. The zero-order valence-electron chi connectivity index (χ0n) is 8.50. The van der Waals surface area contributed by atoms with Crippen LogP contribution in [0.25, 0.3) is 0 Å². The van der Waals surface area contributed by atoms with Crippen molar-refractivity contribution in [1.82, 2.24) is 0 Å². The fourth-order valence-corrected chi connectivity index (χ4v) is 1.05. The minimum absolute atomic E-state index is 0.179. The molecule has 0 aliphatic heterocycles. The molecule has 0 amide bonds.